The lowest BCUT2D eigenvalue weighted by atomic mass is 9.95. The first-order valence-electron chi connectivity index (χ1n) is 6.83. The van der Waals surface area contributed by atoms with Crippen LogP contribution < -0.4 is 5.32 Å². The highest BCUT2D eigenvalue weighted by Crippen LogP contribution is 2.20. The minimum atomic E-state index is -0.557. The monoisotopic (exact) mass is 275 g/mol. The number of hydrogen-bond donors (Lipinski definition) is 1. The van der Waals surface area contributed by atoms with E-state index in [1.165, 1.54) is 13.5 Å². The molecule has 0 saturated heterocycles. The molecule has 0 aromatic rings. The van der Waals surface area contributed by atoms with Gasteiger partial charge in [0, 0.05) is 11.3 Å². The fourth-order valence-corrected chi connectivity index (χ4v) is 2.87. The van der Waals surface area contributed by atoms with Crippen LogP contribution in [0.4, 0.5) is 0 Å². The molecule has 1 N–H and O–H groups in total. The number of rotatable bonds is 9. The Balaban J connectivity index is 4.21. The number of carbonyl (C=O) groups is 1. The van der Waals surface area contributed by atoms with Crippen molar-refractivity contribution in [2.24, 2.45) is 0 Å². The van der Waals surface area contributed by atoms with Crippen LogP contribution in [-0.2, 0) is 9.53 Å². The smallest absolute Gasteiger partial charge is 0.325 e. The van der Waals surface area contributed by atoms with Gasteiger partial charge in [0.15, 0.2) is 0 Å². The standard InChI is InChI=1S/C14H29NO2S/c1-7-12(4)18-10-8-9-14(5,13(16)17-6)15-11(2)3/h11-12,15H,7-10H2,1-6H3. The second-order valence-electron chi connectivity index (χ2n) is 5.32. The van der Waals surface area contributed by atoms with Crippen molar-refractivity contribution in [1.82, 2.24) is 5.32 Å². The minimum absolute atomic E-state index is 0.162. The van der Waals surface area contributed by atoms with Gasteiger partial charge in [0.2, 0.25) is 0 Å². The van der Waals surface area contributed by atoms with Crippen LogP contribution >= 0.6 is 11.8 Å². The van der Waals surface area contributed by atoms with E-state index in [0.717, 1.165) is 18.6 Å². The summed E-state index contributed by atoms with van der Waals surface area (Å²) in [6.07, 6.45) is 3.05. The van der Waals surface area contributed by atoms with Crippen LogP contribution in [0, 0.1) is 0 Å². The molecule has 0 spiro atoms. The number of methoxy groups -OCH3 is 1. The number of esters is 1. The van der Waals surface area contributed by atoms with E-state index in [9.17, 15) is 4.79 Å². The molecule has 0 fully saturated rings. The van der Waals surface area contributed by atoms with Crippen LogP contribution in [-0.4, -0.2) is 35.7 Å². The van der Waals surface area contributed by atoms with Gasteiger partial charge in [0.1, 0.15) is 5.54 Å². The average molecular weight is 275 g/mol. The average Bonchev–Trinajstić information content (AvgIpc) is 2.32. The molecule has 2 atom stereocenters. The van der Waals surface area contributed by atoms with Crippen molar-refractivity contribution < 1.29 is 9.53 Å². The summed E-state index contributed by atoms with van der Waals surface area (Å²) in [7, 11) is 1.45. The lowest BCUT2D eigenvalue weighted by Gasteiger charge is -2.30. The topological polar surface area (TPSA) is 38.3 Å². The van der Waals surface area contributed by atoms with Crippen LogP contribution in [0.15, 0.2) is 0 Å². The molecule has 0 aliphatic carbocycles. The summed E-state index contributed by atoms with van der Waals surface area (Å²) >= 11 is 1.98. The van der Waals surface area contributed by atoms with Gasteiger partial charge in [-0.05, 0) is 45.8 Å². The zero-order valence-electron chi connectivity index (χ0n) is 12.7. The Kier molecular flexibility index (Phi) is 8.70. The van der Waals surface area contributed by atoms with Crippen molar-refractivity contribution in [3.63, 3.8) is 0 Å². The Hall–Kier alpha value is -0.220. The number of hydrogen-bond acceptors (Lipinski definition) is 4. The fourth-order valence-electron chi connectivity index (χ4n) is 1.92. The third kappa shape index (κ3) is 6.64. The van der Waals surface area contributed by atoms with Crippen LogP contribution in [0.25, 0.3) is 0 Å². The van der Waals surface area contributed by atoms with Crippen molar-refractivity contribution in [2.45, 2.75) is 70.7 Å². The van der Waals surface area contributed by atoms with Crippen molar-refractivity contribution in [3.8, 4) is 0 Å². The quantitative estimate of drug-likeness (QED) is 0.518. The van der Waals surface area contributed by atoms with Crippen molar-refractivity contribution in [1.29, 1.82) is 0 Å². The molecule has 0 amide bonds. The molecule has 0 radical (unpaired) electrons. The SMILES string of the molecule is CCC(C)SCCCC(C)(NC(C)C)C(=O)OC. The van der Waals surface area contributed by atoms with E-state index in [0.29, 0.717) is 5.25 Å². The third-order valence-corrected chi connectivity index (χ3v) is 4.47. The van der Waals surface area contributed by atoms with E-state index < -0.39 is 5.54 Å². The highest BCUT2D eigenvalue weighted by atomic mass is 32.2. The summed E-state index contributed by atoms with van der Waals surface area (Å²) in [4.78, 5) is 11.9. The number of nitrogens with one attached hydrogen (secondary N) is 1. The predicted octanol–water partition coefficient (Wildman–Crippen LogP) is 3.23. The van der Waals surface area contributed by atoms with Gasteiger partial charge >= 0.3 is 5.97 Å². The minimum Gasteiger partial charge on any atom is -0.468 e. The van der Waals surface area contributed by atoms with Crippen LogP contribution in [0.3, 0.4) is 0 Å². The largest absolute Gasteiger partial charge is 0.468 e. The van der Waals surface area contributed by atoms with Gasteiger partial charge in [-0.15, -0.1) is 0 Å². The van der Waals surface area contributed by atoms with E-state index in [1.807, 2.05) is 18.7 Å². The molecule has 0 heterocycles. The van der Waals surface area contributed by atoms with Crippen LogP contribution in [0.2, 0.25) is 0 Å². The van der Waals surface area contributed by atoms with Gasteiger partial charge in [-0.1, -0.05) is 13.8 Å². The number of thioether (sulfide) groups is 1. The predicted molar refractivity (Wildman–Crippen MR) is 80.1 cm³/mol. The van der Waals surface area contributed by atoms with E-state index in [1.54, 1.807) is 0 Å². The normalized spacial score (nSPS) is 16.4. The van der Waals surface area contributed by atoms with Gasteiger partial charge in [0.05, 0.1) is 7.11 Å². The maximum Gasteiger partial charge on any atom is 0.325 e. The summed E-state index contributed by atoms with van der Waals surface area (Å²) < 4.78 is 4.91. The Morgan fingerprint density at radius 2 is 2.00 bits per heavy atom. The van der Waals surface area contributed by atoms with Crippen molar-refractivity contribution in [2.75, 3.05) is 12.9 Å². The Morgan fingerprint density at radius 1 is 1.39 bits per heavy atom. The zero-order valence-corrected chi connectivity index (χ0v) is 13.5. The molecule has 18 heavy (non-hydrogen) atoms. The maximum absolute atomic E-state index is 11.9. The summed E-state index contributed by atoms with van der Waals surface area (Å²) in [5.74, 6) is 0.936. The van der Waals surface area contributed by atoms with Crippen LogP contribution in [0.5, 0.6) is 0 Å². The molecule has 0 aliphatic heterocycles. The summed E-state index contributed by atoms with van der Waals surface area (Å²) in [6.45, 7) is 10.5. The molecule has 0 aromatic carbocycles. The van der Waals surface area contributed by atoms with E-state index in [2.05, 4.69) is 33.0 Å². The van der Waals surface area contributed by atoms with Crippen molar-refractivity contribution >= 4 is 17.7 Å². The maximum atomic E-state index is 11.9. The van der Waals surface area contributed by atoms with Gasteiger partial charge in [-0.25, -0.2) is 0 Å². The molecule has 108 valence electrons. The van der Waals surface area contributed by atoms with Crippen LogP contribution in [0.1, 0.15) is 53.9 Å². The molecule has 3 nitrogen and oxygen atoms in total. The van der Waals surface area contributed by atoms with E-state index in [-0.39, 0.29) is 12.0 Å². The first-order chi connectivity index (χ1) is 8.35. The highest BCUT2D eigenvalue weighted by Gasteiger charge is 2.33. The molecule has 0 aliphatic rings. The summed E-state index contributed by atoms with van der Waals surface area (Å²) in [5, 5.41) is 4.03. The molecule has 0 bridgehead atoms. The lowest BCUT2D eigenvalue weighted by molar-refractivity contribution is -0.148. The number of carbonyl (C=O) groups excluding carboxylic acids is 1. The summed E-state index contributed by atoms with van der Waals surface area (Å²) in [6, 6.07) is 0.274. The van der Waals surface area contributed by atoms with Gasteiger partial charge < -0.3 is 4.74 Å². The second-order valence-corrected chi connectivity index (χ2v) is 6.86. The zero-order chi connectivity index (χ0) is 14.2. The molecule has 2 unspecified atom stereocenters. The Labute approximate surface area is 116 Å². The molecule has 0 aromatic heterocycles. The molecular weight excluding hydrogens is 246 g/mol. The molecule has 0 rings (SSSR count). The Morgan fingerprint density at radius 3 is 2.44 bits per heavy atom. The van der Waals surface area contributed by atoms with E-state index in [4.69, 9.17) is 4.74 Å². The first-order valence-corrected chi connectivity index (χ1v) is 7.88. The molecule has 4 heteroatoms. The van der Waals surface area contributed by atoms with Gasteiger partial charge in [-0.2, -0.15) is 11.8 Å². The highest BCUT2D eigenvalue weighted by molar-refractivity contribution is 7.99. The third-order valence-electron chi connectivity index (χ3n) is 3.04. The molecule has 0 saturated carbocycles. The summed E-state index contributed by atoms with van der Waals surface area (Å²) in [5.41, 5.74) is -0.557. The lowest BCUT2D eigenvalue weighted by Crippen LogP contribution is -2.53. The second kappa shape index (κ2) is 8.81. The fraction of sp³-hybridized carbons (Fsp3) is 0.929. The molecular formula is C14H29NO2S. The van der Waals surface area contributed by atoms with Gasteiger partial charge in [0.25, 0.3) is 0 Å². The van der Waals surface area contributed by atoms with E-state index >= 15 is 0 Å². The van der Waals surface area contributed by atoms with Gasteiger partial charge in [-0.3, -0.25) is 10.1 Å². The first kappa shape index (κ1) is 17.8. The Bertz CT molecular complexity index is 246. The number of ether oxygens (including phenoxy) is 1. The van der Waals surface area contributed by atoms with Crippen molar-refractivity contribution in [3.05, 3.63) is 0 Å².